The number of benzene rings is 2. The molecule has 0 aromatic heterocycles. The minimum absolute atomic E-state index is 0.0690. The maximum Gasteiger partial charge on any atom is 0.255 e. The lowest BCUT2D eigenvalue weighted by atomic mass is 10.1. The summed E-state index contributed by atoms with van der Waals surface area (Å²) in [6.07, 6.45) is 0. The smallest absolute Gasteiger partial charge is 0.255 e. The Morgan fingerprint density at radius 2 is 1.75 bits per heavy atom. The van der Waals surface area contributed by atoms with Gasteiger partial charge in [0.15, 0.2) is 0 Å². The van der Waals surface area contributed by atoms with Gasteiger partial charge in [0.2, 0.25) is 0 Å². The second kappa shape index (κ2) is 8.26. The van der Waals surface area contributed by atoms with E-state index in [4.69, 9.17) is 0 Å². The van der Waals surface area contributed by atoms with Gasteiger partial charge in [-0.25, -0.2) is 0 Å². The number of aryl methyl sites for hydroxylation is 1. The molecule has 0 heterocycles. The molecule has 0 aliphatic rings. The van der Waals surface area contributed by atoms with Crippen molar-refractivity contribution in [3.8, 4) is 0 Å². The molecule has 2 aromatic carbocycles. The summed E-state index contributed by atoms with van der Waals surface area (Å²) in [5.41, 5.74) is 2.70. The number of carbonyl (C=O) groups is 2. The summed E-state index contributed by atoms with van der Waals surface area (Å²) in [6.45, 7) is 3.25. The number of hydrogen-bond donors (Lipinski definition) is 2. The third-order valence-corrected chi connectivity index (χ3v) is 3.81. The summed E-state index contributed by atoms with van der Waals surface area (Å²) in [5, 5.41) is 5.90. The molecule has 0 aliphatic carbocycles. The van der Waals surface area contributed by atoms with Crippen molar-refractivity contribution in [2.45, 2.75) is 6.92 Å². The van der Waals surface area contributed by atoms with Crippen molar-refractivity contribution >= 4 is 17.5 Å². The molecule has 2 rings (SSSR count). The van der Waals surface area contributed by atoms with Crippen LogP contribution in [0, 0.1) is 6.92 Å². The monoisotopic (exact) mass is 325 g/mol. The van der Waals surface area contributed by atoms with Crippen molar-refractivity contribution < 1.29 is 9.59 Å². The van der Waals surface area contributed by atoms with Crippen LogP contribution in [0.4, 0.5) is 5.69 Å². The molecule has 0 unspecified atom stereocenters. The molecule has 0 aliphatic heterocycles. The van der Waals surface area contributed by atoms with Crippen LogP contribution in [0.15, 0.2) is 48.5 Å². The SMILES string of the molecule is CNCCN(C)C(=O)c1ccc(C)c(NC(=O)c2ccccc2)c1. The quantitative estimate of drug-likeness (QED) is 0.858. The summed E-state index contributed by atoms with van der Waals surface area (Å²) in [7, 11) is 3.61. The van der Waals surface area contributed by atoms with Crippen molar-refractivity contribution in [3.63, 3.8) is 0 Å². The lowest BCUT2D eigenvalue weighted by Gasteiger charge is -2.18. The highest BCUT2D eigenvalue weighted by Gasteiger charge is 2.14. The summed E-state index contributed by atoms with van der Waals surface area (Å²) >= 11 is 0. The highest BCUT2D eigenvalue weighted by molar-refractivity contribution is 6.05. The molecule has 0 saturated heterocycles. The molecule has 0 spiro atoms. The van der Waals surface area contributed by atoms with E-state index in [1.54, 1.807) is 36.2 Å². The molecule has 2 N–H and O–H groups in total. The van der Waals surface area contributed by atoms with Crippen LogP contribution in [-0.4, -0.2) is 43.9 Å². The summed E-state index contributed by atoms with van der Waals surface area (Å²) in [5.74, 6) is -0.257. The maximum atomic E-state index is 12.5. The number of rotatable bonds is 6. The van der Waals surface area contributed by atoms with E-state index in [-0.39, 0.29) is 11.8 Å². The Morgan fingerprint density at radius 1 is 1.04 bits per heavy atom. The third kappa shape index (κ3) is 4.43. The van der Waals surface area contributed by atoms with Crippen molar-refractivity contribution in [2.24, 2.45) is 0 Å². The Hall–Kier alpha value is -2.66. The number of hydrogen-bond acceptors (Lipinski definition) is 3. The molecule has 126 valence electrons. The van der Waals surface area contributed by atoms with E-state index in [1.165, 1.54) is 0 Å². The zero-order valence-corrected chi connectivity index (χ0v) is 14.3. The van der Waals surface area contributed by atoms with E-state index >= 15 is 0 Å². The first-order valence-electron chi connectivity index (χ1n) is 7.90. The first kappa shape index (κ1) is 17.7. The van der Waals surface area contributed by atoms with Crippen molar-refractivity contribution in [1.82, 2.24) is 10.2 Å². The first-order valence-corrected chi connectivity index (χ1v) is 7.90. The van der Waals surface area contributed by atoms with Crippen LogP contribution >= 0.6 is 0 Å². The largest absolute Gasteiger partial charge is 0.340 e. The predicted molar refractivity (Wildman–Crippen MR) is 96.5 cm³/mol. The number of likely N-dealkylation sites (N-methyl/N-ethyl adjacent to an activating group) is 2. The maximum absolute atomic E-state index is 12.5. The standard InChI is InChI=1S/C19H23N3O2/c1-14-9-10-16(19(24)22(3)12-11-20-2)13-17(14)21-18(23)15-7-5-4-6-8-15/h4-10,13,20H,11-12H2,1-3H3,(H,21,23). The Morgan fingerprint density at radius 3 is 2.42 bits per heavy atom. The van der Waals surface area contributed by atoms with Crippen molar-refractivity contribution in [1.29, 1.82) is 0 Å². The van der Waals surface area contributed by atoms with Crippen LogP contribution in [-0.2, 0) is 0 Å². The van der Waals surface area contributed by atoms with Crippen LogP contribution in [0.3, 0.4) is 0 Å². The van der Waals surface area contributed by atoms with E-state index in [2.05, 4.69) is 10.6 Å². The van der Waals surface area contributed by atoms with Gasteiger partial charge in [-0.3, -0.25) is 9.59 Å². The fourth-order valence-corrected chi connectivity index (χ4v) is 2.28. The van der Waals surface area contributed by atoms with Gasteiger partial charge in [-0.1, -0.05) is 24.3 Å². The highest BCUT2D eigenvalue weighted by atomic mass is 16.2. The predicted octanol–water partition coefficient (Wildman–Crippen LogP) is 2.54. The molecule has 5 heteroatoms. The molecule has 24 heavy (non-hydrogen) atoms. The second-order valence-corrected chi connectivity index (χ2v) is 5.68. The summed E-state index contributed by atoms with van der Waals surface area (Å²) < 4.78 is 0. The van der Waals surface area contributed by atoms with Crippen LogP contribution in [0.1, 0.15) is 26.3 Å². The van der Waals surface area contributed by atoms with Gasteiger partial charge in [-0.15, -0.1) is 0 Å². The molecule has 0 bridgehead atoms. The summed E-state index contributed by atoms with van der Waals surface area (Å²) in [4.78, 5) is 26.4. The minimum atomic E-state index is -0.188. The Balaban J connectivity index is 2.16. The summed E-state index contributed by atoms with van der Waals surface area (Å²) in [6, 6.07) is 14.4. The number of anilines is 1. The average molecular weight is 325 g/mol. The molecule has 0 saturated carbocycles. The highest BCUT2D eigenvalue weighted by Crippen LogP contribution is 2.19. The van der Waals surface area contributed by atoms with Gasteiger partial charge in [0.25, 0.3) is 11.8 Å². The van der Waals surface area contributed by atoms with Gasteiger partial charge >= 0.3 is 0 Å². The van der Waals surface area contributed by atoms with Gasteiger partial charge in [0, 0.05) is 37.0 Å². The fraction of sp³-hybridized carbons (Fsp3) is 0.263. The van der Waals surface area contributed by atoms with Gasteiger partial charge in [-0.05, 0) is 43.8 Å². The fourth-order valence-electron chi connectivity index (χ4n) is 2.28. The number of nitrogens with one attached hydrogen (secondary N) is 2. The zero-order valence-electron chi connectivity index (χ0n) is 14.3. The number of amides is 2. The number of nitrogens with zero attached hydrogens (tertiary/aromatic N) is 1. The first-order chi connectivity index (χ1) is 11.5. The zero-order chi connectivity index (χ0) is 17.5. The Kier molecular flexibility index (Phi) is 6.09. The minimum Gasteiger partial charge on any atom is -0.340 e. The third-order valence-electron chi connectivity index (χ3n) is 3.81. The van der Waals surface area contributed by atoms with E-state index in [9.17, 15) is 9.59 Å². The van der Waals surface area contributed by atoms with Gasteiger partial charge in [-0.2, -0.15) is 0 Å². The van der Waals surface area contributed by atoms with E-state index < -0.39 is 0 Å². The van der Waals surface area contributed by atoms with E-state index in [1.807, 2.05) is 38.2 Å². The van der Waals surface area contributed by atoms with E-state index in [0.29, 0.717) is 23.4 Å². The van der Waals surface area contributed by atoms with E-state index in [0.717, 1.165) is 12.1 Å². The van der Waals surface area contributed by atoms with Crippen molar-refractivity contribution in [3.05, 3.63) is 65.2 Å². The molecule has 0 radical (unpaired) electrons. The molecule has 0 atom stereocenters. The molecule has 0 fully saturated rings. The topological polar surface area (TPSA) is 61.4 Å². The number of carbonyl (C=O) groups excluding carboxylic acids is 2. The average Bonchev–Trinajstić information content (AvgIpc) is 2.61. The van der Waals surface area contributed by atoms with Crippen LogP contribution in [0.5, 0.6) is 0 Å². The van der Waals surface area contributed by atoms with Gasteiger partial charge in [0.05, 0.1) is 0 Å². The van der Waals surface area contributed by atoms with Crippen LogP contribution in [0.2, 0.25) is 0 Å². The van der Waals surface area contributed by atoms with Crippen molar-refractivity contribution in [2.75, 3.05) is 32.5 Å². The second-order valence-electron chi connectivity index (χ2n) is 5.68. The van der Waals surface area contributed by atoms with Gasteiger partial charge < -0.3 is 15.5 Å². The molecular weight excluding hydrogens is 302 g/mol. The Bertz CT molecular complexity index is 714. The lowest BCUT2D eigenvalue weighted by molar-refractivity contribution is 0.0796. The van der Waals surface area contributed by atoms with Gasteiger partial charge in [0.1, 0.15) is 0 Å². The molecule has 5 nitrogen and oxygen atoms in total. The normalized spacial score (nSPS) is 10.3. The van der Waals surface area contributed by atoms with Crippen LogP contribution < -0.4 is 10.6 Å². The molecule has 2 aromatic rings. The van der Waals surface area contributed by atoms with Crippen LogP contribution in [0.25, 0.3) is 0 Å². The molecular formula is C19H23N3O2. The Labute approximate surface area is 142 Å². The lowest BCUT2D eigenvalue weighted by Crippen LogP contribution is -2.32. The molecule has 2 amide bonds.